The molecular weight excluding hydrogens is 266 g/mol. The van der Waals surface area contributed by atoms with Crippen molar-refractivity contribution in [3.63, 3.8) is 0 Å². The summed E-state index contributed by atoms with van der Waals surface area (Å²) < 4.78 is 9.97. The Morgan fingerprint density at radius 3 is 2.32 bits per heavy atom. The highest BCUT2D eigenvalue weighted by atomic mass is 35.5. The van der Waals surface area contributed by atoms with Crippen molar-refractivity contribution in [3.05, 3.63) is 42.0 Å². The third-order valence-electron chi connectivity index (χ3n) is 2.93. The fourth-order valence-corrected chi connectivity index (χ4v) is 2.00. The van der Waals surface area contributed by atoms with Crippen molar-refractivity contribution >= 4 is 29.1 Å². The van der Waals surface area contributed by atoms with Crippen LogP contribution in [0.4, 0.5) is 0 Å². The van der Waals surface area contributed by atoms with Gasteiger partial charge in [0.05, 0.1) is 14.2 Å². The van der Waals surface area contributed by atoms with Crippen molar-refractivity contribution in [2.24, 2.45) is 5.73 Å². The molecule has 0 spiro atoms. The van der Waals surface area contributed by atoms with Crippen LogP contribution in [0.25, 0.3) is 10.8 Å². The minimum atomic E-state index is -0.786. The molecule has 0 saturated heterocycles. The number of carbonyl (C=O) groups is 1. The van der Waals surface area contributed by atoms with Gasteiger partial charge in [-0.1, -0.05) is 30.3 Å². The maximum atomic E-state index is 11.5. The maximum Gasteiger partial charge on any atom is 0.327 e. The predicted molar refractivity (Wildman–Crippen MR) is 76.7 cm³/mol. The van der Waals surface area contributed by atoms with Crippen molar-refractivity contribution in [2.75, 3.05) is 14.2 Å². The molecule has 0 amide bonds. The second kappa shape index (κ2) is 6.41. The Kier molecular flexibility index (Phi) is 5.15. The van der Waals surface area contributed by atoms with Gasteiger partial charge in [0.1, 0.15) is 11.8 Å². The number of nitrogens with two attached hydrogens (primary N) is 1. The largest absolute Gasteiger partial charge is 0.496 e. The molecule has 0 unspecified atom stereocenters. The molecule has 0 aliphatic carbocycles. The lowest BCUT2D eigenvalue weighted by Crippen LogP contribution is -2.22. The van der Waals surface area contributed by atoms with E-state index in [1.807, 2.05) is 24.3 Å². The number of esters is 1. The van der Waals surface area contributed by atoms with Crippen LogP contribution in [-0.2, 0) is 9.53 Å². The van der Waals surface area contributed by atoms with Gasteiger partial charge < -0.3 is 15.2 Å². The molecule has 102 valence electrons. The molecular formula is C14H16ClNO3. The van der Waals surface area contributed by atoms with Gasteiger partial charge in [-0.3, -0.25) is 4.79 Å². The summed E-state index contributed by atoms with van der Waals surface area (Å²) in [5.74, 6) is 0.303. The summed E-state index contributed by atoms with van der Waals surface area (Å²) in [6.45, 7) is 0. The SMILES string of the molecule is COC(=O)[C@H](N)c1ccc(OC)c2ccccc12.Cl. The Hall–Kier alpha value is -1.78. The Morgan fingerprint density at radius 2 is 1.74 bits per heavy atom. The van der Waals surface area contributed by atoms with E-state index in [9.17, 15) is 4.79 Å². The number of benzene rings is 2. The highest BCUT2D eigenvalue weighted by molar-refractivity contribution is 5.94. The molecule has 0 saturated carbocycles. The number of fused-ring (bicyclic) bond motifs is 1. The molecule has 0 aliphatic heterocycles. The predicted octanol–water partition coefficient (Wildman–Crippen LogP) is 2.44. The smallest absolute Gasteiger partial charge is 0.327 e. The standard InChI is InChI=1S/C14H15NO3.ClH/c1-17-12-8-7-11(13(15)14(16)18-2)9-5-3-4-6-10(9)12;/h3-8,13H,15H2,1-2H3;1H/t13-;/m1./s1. The molecule has 1 atom stereocenters. The summed E-state index contributed by atoms with van der Waals surface area (Å²) in [5, 5.41) is 1.83. The summed E-state index contributed by atoms with van der Waals surface area (Å²) in [7, 11) is 2.94. The average Bonchev–Trinajstić information content (AvgIpc) is 2.44. The van der Waals surface area contributed by atoms with E-state index >= 15 is 0 Å². The maximum absolute atomic E-state index is 11.5. The molecule has 5 heteroatoms. The molecule has 2 aromatic rings. The number of rotatable bonds is 3. The minimum Gasteiger partial charge on any atom is -0.496 e. The molecule has 0 heterocycles. The van der Waals surface area contributed by atoms with Gasteiger partial charge in [0.15, 0.2) is 0 Å². The van der Waals surface area contributed by atoms with Gasteiger partial charge in [-0.25, -0.2) is 0 Å². The van der Waals surface area contributed by atoms with Crippen LogP contribution in [0.1, 0.15) is 11.6 Å². The number of hydrogen-bond acceptors (Lipinski definition) is 4. The van der Waals surface area contributed by atoms with Crippen LogP contribution in [0.15, 0.2) is 36.4 Å². The Balaban J connectivity index is 0.00000180. The van der Waals surface area contributed by atoms with Crippen LogP contribution >= 0.6 is 12.4 Å². The molecule has 0 bridgehead atoms. The second-order valence-electron chi connectivity index (χ2n) is 3.90. The zero-order chi connectivity index (χ0) is 13.1. The summed E-state index contributed by atoms with van der Waals surface area (Å²) in [6, 6.07) is 10.5. The minimum absolute atomic E-state index is 0. The number of halogens is 1. The quantitative estimate of drug-likeness (QED) is 0.878. The molecule has 2 aromatic carbocycles. The van der Waals surface area contributed by atoms with Gasteiger partial charge in [-0.2, -0.15) is 0 Å². The molecule has 4 nitrogen and oxygen atoms in total. The van der Waals surface area contributed by atoms with E-state index in [0.717, 1.165) is 22.1 Å². The summed E-state index contributed by atoms with van der Waals surface area (Å²) in [4.78, 5) is 11.5. The molecule has 19 heavy (non-hydrogen) atoms. The first kappa shape index (κ1) is 15.3. The van der Waals surface area contributed by atoms with Crippen LogP contribution in [0.5, 0.6) is 5.75 Å². The lowest BCUT2D eigenvalue weighted by molar-refractivity contribution is -0.142. The zero-order valence-electron chi connectivity index (χ0n) is 10.8. The van der Waals surface area contributed by atoms with Crippen molar-refractivity contribution in [2.45, 2.75) is 6.04 Å². The van der Waals surface area contributed by atoms with Crippen LogP contribution in [0.2, 0.25) is 0 Å². The molecule has 0 radical (unpaired) electrons. The number of hydrogen-bond donors (Lipinski definition) is 1. The molecule has 2 rings (SSSR count). The Labute approximate surface area is 117 Å². The third-order valence-corrected chi connectivity index (χ3v) is 2.93. The van der Waals surface area contributed by atoms with E-state index in [1.54, 1.807) is 19.2 Å². The molecule has 0 fully saturated rings. The summed E-state index contributed by atoms with van der Waals surface area (Å²) >= 11 is 0. The highest BCUT2D eigenvalue weighted by Crippen LogP contribution is 2.31. The van der Waals surface area contributed by atoms with Crippen LogP contribution in [0, 0.1) is 0 Å². The zero-order valence-corrected chi connectivity index (χ0v) is 11.6. The van der Waals surface area contributed by atoms with Crippen molar-refractivity contribution in [3.8, 4) is 5.75 Å². The lowest BCUT2D eigenvalue weighted by atomic mass is 9.98. The highest BCUT2D eigenvalue weighted by Gasteiger charge is 2.19. The second-order valence-corrected chi connectivity index (χ2v) is 3.90. The van der Waals surface area contributed by atoms with Gasteiger partial charge >= 0.3 is 5.97 Å². The van der Waals surface area contributed by atoms with E-state index in [-0.39, 0.29) is 12.4 Å². The third kappa shape index (κ3) is 2.80. The summed E-state index contributed by atoms with van der Waals surface area (Å²) in [5.41, 5.74) is 6.63. The number of carbonyl (C=O) groups excluding carboxylic acids is 1. The van der Waals surface area contributed by atoms with Crippen LogP contribution < -0.4 is 10.5 Å². The van der Waals surface area contributed by atoms with Gasteiger partial charge in [0, 0.05) is 5.39 Å². The van der Waals surface area contributed by atoms with Crippen LogP contribution in [-0.4, -0.2) is 20.2 Å². The molecule has 2 N–H and O–H groups in total. The Bertz CT molecular complexity index is 586. The fourth-order valence-electron chi connectivity index (χ4n) is 2.00. The lowest BCUT2D eigenvalue weighted by Gasteiger charge is -2.14. The normalized spacial score (nSPS) is 11.5. The van der Waals surface area contributed by atoms with Crippen molar-refractivity contribution in [1.29, 1.82) is 0 Å². The number of ether oxygens (including phenoxy) is 2. The Morgan fingerprint density at radius 1 is 1.11 bits per heavy atom. The first-order valence-corrected chi connectivity index (χ1v) is 5.58. The van der Waals surface area contributed by atoms with Gasteiger partial charge in [0.25, 0.3) is 0 Å². The van der Waals surface area contributed by atoms with E-state index in [4.69, 9.17) is 10.5 Å². The first-order valence-electron chi connectivity index (χ1n) is 5.58. The van der Waals surface area contributed by atoms with Crippen LogP contribution in [0.3, 0.4) is 0 Å². The first-order chi connectivity index (χ1) is 8.69. The average molecular weight is 282 g/mol. The number of methoxy groups -OCH3 is 2. The van der Waals surface area contributed by atoms with Gasteiger partial charge in [-0.15, -0.1) is 12.4 Å². The fraction of sp³-hybridized carbons (Fsp3) is 0.214. The van der Waals surface area contributed by atoms with Gasteiger partial charge in [0.2, 0.25) is 0 Å². The van der Waals surface area contributed by atoms with E-state index in [2.05, 4.69) is 4.74 Å². The molecule has 0 aliphatic rings. The summed E-state index contributed by atoms with van der Waals surface area (Å²) in [6.07, 6.45) is 0. The monoisotopic (exact) mass is 281 g/mol. The topological polar surface area (TPSA) is 61.5 Å². The van der Waals surface area contributed by atoms with Gasteiger partial charge in [-0.05, 0) is 17.0 Å². The van der Waals surface area contributed by atoms with Crippen molar-refractivity contribution in [1.82, 2.24) is 0 Å². The van der Waals surface area contributed by atoms with E-state index in [0.29, 0.717) is 0 Å². The van der Waals surface area contributed by atoms with E-state index < -0.39 is 12.0 Å². The molecule has 0 aromatic heterocycles. The van der Waals surface area contributed by atoms with Crippen molar-refractivity contribution < 1.29 is 14.3 Å². The van der Waals surface area contributed by atoms with E-state index in [1.165, 1.54) is 7.11 Å².